The van der Waals surface area contributed by atoms with E-state index in [2.05, 4.69) is 20.1 Å². The van der Waals surface area contributed by atoms with Crippen LogP contribution in [0, 0.1) is 6.92 Å². The van der Waals surface area contributed by atoms with Gasteiger partial charge in [-0.25, -0.2) is 9.97 Å². The SMILES string of the molecule is Cc1ncsc1-c1noc([C@H](C)Oc2ccc(Cl)nc2)n1. The highest BCUT2D eigenvalue weighted by molar-refractivity contribution is 7.13. The van der Waals surface area contributed by atoms with Gasteiger partial charge in [0.05, 0.1) is 22.3 Å². The monoisotopic (exact) mass is 322 g/mol. The molecule has 0 saturated heterocycles. The predicted molar refractivity (Wildman–Crippen MR) is 78.4 cm³/mol. The summed E-state index contributed by atoms with van der Waals surface area (Å²) in [4.78, 5) is 13.4. The number of aryl methyl sites for hydroxylation is 1. The summed E-state index contributed by atoms with van der Waals surface area (Å²) in [5.41, 5.74) is 2.63. The number of pyridine rings is 1. The van der Waals surface area contributed by atoms with Gasteiger partial charge in [0.1, 0.15) is 10.9 Å². The zero-order valence-corrected chi connectivity index (χ0v) is 12.9. The van der Waals surface area contributed by atoms with Crippen molar-refractivity contribution in [2.75, 3.05) is 0 Å². The Balaban J connectivity index is 1.76. The summed E-state index contributed by atoms with van der Waals surface area (Å²) in [5, 5.41) is 4.38. The molecule has 0 spiro atoms. The molecule has 108 valence electrons. The minimum atomic E-state index is -0.387. The molecule has 0 aliphatic rings. The number of hydrogen-bond acceptors (Lipinski definition) is 7. The van der Waals surface area contributed by atoms with Crippen molar-refractivity contribution in [1.82, 2.24) is 20.1 Å². The molecule has 0 amide bonds. The van der Waals surface area contributed by atoms with Gasteiger partial charge < -0.3 is 9.26 Å². The normalized spacial score (nSPS) is 12.3. The van der Waals surface area contributed by atoms with E-state index in [0.717, 1.165) is 10.6 Å². The Labute approximate surface area is 129 Å². The largest absolute Gasteiger partial charge is 0.479 e. The van der Waals surface area contributed by atoms with Crippen molar-refractivity contribution in [2.24, 2.45) is 0 Å². The minimum Gasteiger partial charge on any atom is -0.479 e. The first kappa shape index (κ1) is 14.0. The third-order valence-corrected chi connectivity index (χ3v) is 3.90. The summed E-state index contributed by atoms with van der Waals surface area (Å²) < 4.78 is 10.9. The van der Waals surface area contributed by atoms with E-state index in [-0.39, 0.29) is 6.10 Å². The highest BCUT2D eigenvalue weighted by atomic mass is 35.5. The fraction of sp³-hybridized carbons (Fsp3) is 0.231. The van der Waals surface area contributed by atoms with Gasteiger partial charge >= 0.3 is 0 Å². The molecule has 0 radical (unpaired) electrons. The number of aromatic nitrogens is 4. The van der Waals surface area contributed by atoms with Gasteiger partial charge in [0.25, 0.3) is 5.89 Å². The van der Waals surface area contributed by atoms with Crippen LogP contribution in [0.1, 0.15) is 24.6 Å². The van der Waals surface area contributed by atoms with E-state index in [1.165, 1.54) is 11.3 Å². The second-order valence-corrected chi connectivity index (χ2v) is 5.54. The Bertz CT molecular complexity index is 741. The lowest BCUT2D eigenvalue weighted by molar-refractivity contribution is 0.175. The minimum absolute atomic E-state index is 0.387. The number of nitrogens with zero attached hydrogens (tertiary/aromatic N) is 4. The summed E-state index contributed by atoms with van der Waals surface area (Å²) in [6.45, 7) is 3.73. The highest BCUT2D eigenvalue weighted by Crippen LogP contribution is 2.27. The molecule has 0 bridgehead atoms. The molecule has 3 heterocycles. The Kier molecular flexibility index (Phi) is 3.85. The predicted octanol–water partition coefficient (Wildman–Crippen LogP) is 3.69. The number of thiazole rings is 1. The van der Waals surface area contributed by atoms with Gasteiger partial charge in [0.2, 0.25) is 5.82 Å². The number of ether oxygens (including phenoxy) is 1. The average molecular weight is 323 g/mol. The molecule has 0 N–H and O–H groups in total. The number of rotatable bonds is 4. The summed E-state index contributed by atoms with van der Waals surface area (Å²) >= 11 is 7.20. The molecule has 0 fully saturated rings. The van der Waals surface area contributed by atoms with Crippen LogP contribution in [-0.2, 0) is 0 Å². The zero-order valence-electron chi connectivity index (χ0n) is 11.3. The molecule has 3 rings (SSSR count). The Morgan fingerprint density at radius 3 is 2.86 bits per heavy atom. The van der Waals surface area contributed by atoms with Crippen molar-refractivity contribution >= 4 is 22.9 Å². The molecule has 3 aromatic heterocycles. The van der Waals surface area contributed by atoms with Crippen LogP contribution in [-0.4, -0.2) is 20.1 Å². The van der Waals surface area contributed by atoms with E-state index in [1.54, 1.807) is 23.8 Å². The lowest BCUT2D eigenvalue weighted by atomic mass is 10.3. The maximum absolute atomic E-state index is 5.73. The van der Waals surface area contributed by atoms with Crippen LogP contribution in [0.15, 0.2) is 28.4 Å². The highest BCUT2D eigenvalue weighted by Gasteiger charge is 2.18. The third-order valence-electron chi connectivity index (χ3n) is 2.75. The third kappa shape index (κ3) is 3.03. The van der Waals surface area contributed by atoms with Gasteiger partial charge in [-0.1, -0.05) is 16.8 Å². The van der Waals surface area contributed by atoms with Crippen molar-refractivity contribution in [1.29, 1.82) is 0 Å². The zero-order chi connectivity index (χ0) is 14.8. The van der Waals surface area contributed by atoms with Gasteiger partial charge in [0.15, 0.2) is 6.10 Å². The van der Waals surface area contributed by atoms with Crippen molar-refractivity contribution in [2.45, 2.75) is 20.0 Å². The van der Waals surface area contributed by atoms with E-state index >= 15 is 0 Å². The van der Waals surface area contributed by atoms with Crippen molar-refractivity contribution in [3.63, 3.8) is 0 Å². The van der Waals surface area contributed by atoms with Crippen molar-refractivity contribution in [3.05, 3.63) is 40.6 Å². The molecule has 8 heteroatoms. The first-order valence-corrected chi connectivity index (χ1v) is 7.41. The van der Waals surface area contributed by atoms with Crippen molar-refractivity contribution < 1.29 is 9.26 Å². The molecule has 0 saturated carbocycles. The maximum atomic E-state index is 5.73. The number of halogens is 1. The topological polar surface area (TPSA) is 73.9 Å². The molecule has 0 aliphatic carbocycles. The van der Waals surface area contributed by atoms with Gasteiger partial charge in [-0.05, 0) is 26.0 Å². The standard InChI is InChI=1S/C13H11ClN4O2S/c1-7-11(21-6-16-7)12-17-13(20-18-12)8(2)19-9-3-4-10(14)15-5-9/h3-6,8H,1-2H3/t8-/m0/s1. The fourth-order valence-electron chi connectivity index (χ4n) is 1.70. The van der Waals surface area contributed by atoms with E-state index in [1.807, 2.05) is 13.8 Å². The maximum Gasteiger partial charge on any atom is 0.267 e. The first-order chi connectivity index (χ1) is 10.1. The Morgan fingerprint density at radius 2 is 2.19 bits per heavy atom. The van der Waals surface area contributed by atoms with E-state index < -0.39 is 0 Å². The second-order valence-electron chi connectivity index (χ2n) is 4.30. The molecule has 0 unspecified atom stereocenters. The van der Waals surface area contributed by atoms with Crippen LogP contribution >= 0.6 is 22.9 Å². The van der Waals surface area contributed by atoms with Crippen LogP contribution < -0.4 is 4.74 Å². The van der Waals surface area contributed by atoms with E-state index in [4.69, 9.17) is 20.9 Å². The van der Waals surface area contributed by atoms with Crippen LogP contribution in [0.2, 0.25) is 5.15 Å². The summed E-state index contributed by atoms with van der Waals surface area (Å²) in [6, 6.07) is 3.39. The van der Waals surface area contributed by atoms with Gasteiger partial charge in [-0.15, -0.1) is 11.3 Å². The van der Waals surface area contributed by atoms with E-state index in [9.17, 15) is 0 Å². The van der Waals surface area contributed by atoms with E-state index in [0.29, 0.717) is 22.6 Å². The summed E-state index contributed by atoms with van der Waals surface area (Å²) in [6.07, 6.45) is 1.16. The van der Waals surface area contributed by atoms with Crippen LogP contribution in [0.25, 0.3) is 10.7 Å². The average Bonchev–Trinajstić information content (AvgIpc) is 3.09. The number of hydrogen-bond donors (Lipinski definition) is 0. The van der Waals surface area contributed by atoms with Gasteiger partial charge in [0, 0.05) is 0 Å². The Morgan fingerprint density at radius 1 is 1.33 bits per heavy atom. The fourth-order valence-corrected chi connectivity index (χ4v) is 2.54. The van der Waals surface area contributed by atoms with Crippen molar-refractivity contribution in [3.8, 4) is 16.5 Å². The van der Waals surface area contributed by atoms with Crippen LogP contribution in [0.4, 0.5) is 0 Å². The lowest BCUT2D eigenvalue weighted by Gasteiger charge is -2.09. The molecular formula is C13H11ClN4O2S. The molecule has 3 aromatic rings. The molecule has 21 heavy (non-hydrogen) atoms. The van der Waals surface area contributed by atoms with Gasteiger partial charge in [-0.2, -0.15) is 4.98 Å². The summed E-state index contributed by atoms with van der Waals surface area (Å²) in [7, 11) is 0. The first-order valence-electron chi connectivity index (χ1n) is 6.16. The second kappa shape index (κ2) is 5.79. The molecule has 6 nitrogen and oxygen atoms in total. The molecule has 0 aromatic carbocycles. The van der Waals surface area contributed by atoms with Gasteiger partial charge in [-0.3, -0.25) is 0 Å². The smallest absolute Gasteiger partial charge is 0.267 e. The molecule has 0 aliphatic heterocycles. The molecule has 1 atom stereocenters. The van der Waals surface area contributed by atoms with Crippen LogP contribution in [0.5, 0.6) is 5.75 Å². The summed E-state index contributed by atoms with van der Waals surface area (Å²) in [5.74, 6) is 1.50. The molecular weight excluding hydrogens is 312 g/mol. The Hall–Kier alpha value is -1.99. The van der Waals surface area contributed by atoms with Crippen LogP contribution in [0.3, 0.4) is 0 Å². The lowest BCUT2D eigenvalue weighted by Crippen LogP contribution is -2.03. The quantitative estimate of drug-likeness (QED) is 0.682.